The molecule has 3 amide bonds. The van der Waals surface area contributed by atoms with Gasteiger partial charge in [-0.2, -0.15) is 13.2 Å². The zero-order valence-corrected chi connectivity index (χ0v) is 17.8. The van der Waals surface area contributed by atoms with Gasteiger partial charge in [-0.1, -0.05) is 41.4 Å². The fraction of sp³-hybridized carbons (Fsp3) is 0.150. The molecule has 2 aromatic carbocycles. The van der Waals surface area contributed by atoms with Gasteiger partial charge in [0.25, 0.3) is 17.1 Å². The zero-order valence-electron chi connectivity index (χ0n) is 15.5. The van der Waals surface area contributed by atoms with Gasteiger partial charge < -0.3 is 5.32 Å². The van der Waals surface area contributed by atoms with Crippen molar-refractivity contribution >= 4 is 58.1 Å². The van der Waals surface area contributed by atoms with Crippen LogP contribution in [0.25, 0.3) is 6.08 Å². The molecule has 11 heteroatoms. The van der Waals surface area contributed by atoms with Crippen molar-refractivity contribution in [2.24, 2.45) is 0 Å². The fourth-order valence-corrected chi connectivity index (χ4v) is 4.08. The van der Waals surface area contributed by atoms with Crippen molar-refractivity contribution < 1.29 is 27.6 Å². The summed E-state index contributed by atoms with van der Waals surface area (Å²) in [6.45, 7) is -0.408. The van der Waals surface area contributed by atoms with Gasteiger partial charge in [-0.3, -0.25) is 19.3 Å². The van der Waals surface area contributed by atoms with Gasteiger partial charge in [0.1, 0.15) is 0 Å². The Morgan fingerprint density at radius 2 is 1.84 bits per heavy atom. The number of halogens is 5. The number of carbonyl (C=O) groups is 3. The molecule has 2 aromatic rings. The normalized spacial score (nSPS) is 15.6. The average molecular weight is 489 g/mol. The number of amides is 3. The molecule has 0 aromatic heterocycles. The van der Waals surface area contributed by atoms with Crippen LogP contribution in [0.15, 0.2) is 47.4 Å². The van der Waals surface area contributed by atoms with E-state index in [-0.39, 0.29) is 18.0 Å². The lowest BCUT2D eigenvalue weighted by Crippen LogP contribution is -2.37. The summed E-state index contributed by atoms with van der Waals surface area (Å²) in [7, 11) is 0. The molecule has 3 rings (SSSR count). The Balaban J connectivity index is 1.65. The van der Waals surface area contributed by atoms with Crippen molar-refractivity contribution in [3.8, 4) is 0 Å². The van der Waals surface area contributed by atoms with Crippen molar-refractivity contribution in [1.82, 2.24) is 10.2 Å². The highest BCUT2D eigenvalue weighted by Crippen LogP contribution is 2.34. The molecule has 31 heavy (non-hydrogen) atoms. The topological polar surface area (TPSA) is 66.5 Å². The molecule has 0 unspecified atom stereocenters. The molecule has 0 bridgehead atoms. The summed E-state index contributed by atoms with van der Waals surface area (Å²) in [5, 5.41) is 2.46. The first-order chi connectivity index (χ1) is 14.6. The number of rotatable bonds is 5. The Bertz CT molecular complexity index is 1090. The highest BCUT2D eigenvalue weighted by molar-refractivity contribution is 8.18. The van der Waals surface area contributed by atoms with Crippen LogP contribution in [-0.2, 0) is 11.0 Å². The zero-order chi connectivity index (χ0) is 22.8. The number of benzene rings is 2. The lowest BCUT2D eigenvalue weighted by molar-refractivity contribution is -0.138. The van der Waals surface area contributed by atoms with Gasteiger partial charge in [-0.25, -0.2) is 0 Å². The minimum Gasteiger partial charge on any atom is -0.350 e. The van der Waals surface area contributed by atoms with E-state index < -0.39 is 34.4 Å². The van der Waals surface area contributed by atoms with Crippen molar-refractivity contribution in [3.05, 3.63) is 74.1 Å². The highest BCUT2D eigenvalue weighted by atomic mass is 35.5. The molecular formula is C20H13Cl2F3N2O3S. The third kappa shape index (κ3) is 5.41. The predicted molar refractivity (Wildman–Crippen MR) is 113 cm³/mol. The van der Waals surface area contributed by atoms with Gasteiger partial charge in [0.15, 0.2) is 0 Å². The number of imide groups is 1. The highest BCUT2D eigenvalue weighted by Gasteiger charge is 2.36. The number of hydrogen-bond donors (Lipinski definition) is 1. The first-order valence-electron chi connectivity index (χ1n) is 8.73. The van der Waals surface area contributed by atoms with Crippen LogP contribution >= 0.6 is 35.0 Å². The molecule has 1 saturated heterocycles. The van der Waals surface area contributed by atoms with E-state index in [1.165, 1.54) is 24.3 Å². The quantitative estimate of drug-likeness (QED) is 0.566. The van der Waals surface area contributed by atoms with E-state index in [2.05, 4.69) is 5.32 Å². The average Bonchev–Trinajstić information content (AvgIpc) is 2.96. The van der Waals surface area contributed by atoms with Crippen molar-refractivity contribution in [2.75, 3.05) is 13.1 Å². The largest absolute Gasteiger partial charge is 0.417 e. The smallest absolute Gasteiger partial charge is 0.350 e. The van der Waals surface area contributed by atoms with Gasteiger partial charge in [-0.15, -0.1) is 0 Å². The third-order valence-corrected chi connectivity index (χ3v) is 5.69. The van der Waals surface area contributed by atoms with Crippen molar-refractivity contribution in [3.63, 3.8) is 0 Å². The Kier molecular flexibility index (Phi) is 6.98. The maximum Gasteiger partial charge on any atom is 0.417 e. The number of alkyl halides is 3. The van der Waals surface area contributed by atoms with E-state index in [1.54, 1.807) is 12.1 Å². The molecule has 5 nitrogen and oxygen atoms in total. The van der Waals surface area contributed by atoms with Gasteiger partial charge in [0, 0.05) is 23.1 Å². The molecule has 0 atom stereocenters. The fourth-order valence-electron chi connectivity index (χ4n) is 2.76. The van der Waals surface area contributed by atoms with E-state index in [1.807, 2.05) is 0 Å². The molecule has 1 aliphatic heterocycles. The van der Waals surface area contributed by atoms with Crippen molar-refractivity contribution in [1.29, 1.82) is 0 Å². The number of nitrogens with zero attached hydrogens (tertiary/aromatic N) is 1. The SMILES string of the molecule is O=C(NCCN1C(=O)S/C(=C\c2ccc(Cl)cc2Cl)C1=O)c1ccccc1C(F)(F)F. The first-order valence-corrected chi connectivity index (χ1v) is 10.3. The van der Waals surface area contributed by atoms with Crippen LogP contribution in [0.3, 0.4) is 0 Å². The van der Waals surface area contributed by atoms with Gasteiger partial charge in [0.2, 0.25) is 0 Å². The summed E-state index contributed by atoms with van der Waals surface area (Å²) in [6, 6.07) is 9.02. The second-order valence-electron chi connectivity index (χ2n) is 6.30. The van der Waals surface area contributed by atoms with Crippen LogP contribution in [0, 0.1) is 0 Å². The predicted octanol–water partition coefficient (Wildman–Crippen LogP) is 5.48. The number of carbonyl (C=O) groups excluding carboxylic acids is 3. The van der Waals surface area contributed by atoms with Crippen LogP contribution in [0.1, 0.15) is 21.5 Å². The van der Waals surface area contributed by atoms with Crippen LogP contribution in [0.2, 0.25) is 10.0 Å². The van der Waals surface area contributed by atoms with Crippen molar-refractivity contribution in [2.45, 2.75) is 6.18 Å². The lowest BCUT2D eigenvalue weighted by Gasteiger charge is -2.15. The minimum atomic E-state index is -4.69. The van der Waals surface area contributed by atoms with Crippen LogP contribution in [0.5, 0.6) is 0 Å². The maximum absolute atomic E-state index is 13.0. The molecule has 1 N–H and O–H groups in total. The van der Waals surface area contributed by atoms with Gasteiger partial charge in [0.05, 0.1) is 16.0 Å². The standard InChI is InChI=1S/C20H13Cl2F3N2O3S/c21-12-6-5-11(15(22)10-12)9-16-18(29)27(19(30)31-16)8-7-26-17(28)13-3-1-2-4-14(13)20(23,24)25/h1-6,9-10H,7-8H2,(H,26,28)/b16-9-. The van der Waals surface area contributed by atoms with E-state index in [0.29, 0.717) is 27.4 Å². The number of hydrogen-bond acceptors (Lipinski definition) is 4. The molecular weight excluding hydrogens is 476 g/mol. The van der Waals surface area contributed by atoms with Crippen LogP contribution in [0.4, 0.5) is 18.0 Å². The lowest BCUT2D eigenvalue weighted by atomic mass is 10.1. The Hall–Kier alpha value is -2.49. The van der Waals surface area contributed by atoms with Gasteiger partial charge >= 0.3 is 6.18 Å². The Morgan fingerprint density at radius 1 is 1.13 bits per heavy atom. The van der Waals surface area contributed by atoms with Crippen LogP contribution < -0.4 is 5.32 Å². The molecule has 0 spiro atoms. The van der Waals surface area contributed by atoms with Crippen LogP contribution in [-0.4, -0.2) is 35.0 Å². The van der Waals surface area contributed by atoms with E-state index in [4.69, 9.17) is 23.2 Å². The summed E-state index contributed by atoms with van der Waals surface area (Å²) in [5.74, 6) is -1.55. The summed E-state index contributed by atoms with van der Waals surface area (Å²) < 4.78 is 39.1. The molecule has 1 fully saturated rings. The monoisotopic (exact) mass is 488 g/mol. The maximum atomic E-state index is 13.0. The molecule has 0 aliphatic carbocycles. The summed E-state index contributed by atoms with van der Waals surface area (Å²) in [5.41, 5.74) is -1.11. The second kappa shape index (κ2) is 9.33. The Morgan fingerprint density at radius 3 is 2.52 bits per heavy atom. The first kappa shape index (κ1) is 23.2. The molecule has 1 aliphatic rings. The molecule has 162 valence electrons. The number of thioether (sulfide) groups is 1. The number of nitrogens with one attached hydrogen (secondary N) is 1. The summed E-state index contributed by atoms with van der Waals surface area (Å²) in [4.78, 5) is 37.9. The summed E-state index contributed by atoms with van der Waals surface area (Å²) >= 11 is 12.6. The second-order valence-corrected chi connectivity index (χ2v) is 8.14. The van der Waals surface area contributed by atoms with Gasteiger partial charge in [-0.05, 0) is 47.7 Å². The van der Waals surface area contributed by atoms with E-state index in [9.17, 15) is 27.6 Å². The third-order valence-electron chi connectivity index (χ3n) is 4.22. The minimum absolute atomic E-state index is 0.128. The van der Waals surface area contributed by atoms with E-state index >= 15 is 0 Å². The summed E-state index contributed by atoms with van der Waals surface area (Å²) in [6.07, 6.45) is -3.24. The molecule has 0 radical (unpaired) electrons. The van der Waals surface area contributed by atoms with E-state index in [0.717, 1.165) is 17.0 Å². The molecule has 0 saturated carbocycles. The molecule has 1 heterocycles. The Labute approximate surface area is 189 Å².